The molecule has 1 saturated carbocycles. The number of nitrogens with one attached hydrogen (secondary N) is 1. The minimum atomic E-state index is 0.710. The van der Waals surface area contributed by atoms with E-state index in [0.29, 0.717) is 6.04 Å². The first-order valence-electron chi connectivity index (χ1n) is 8.94. The molecule has 0 heterocycles. The largest absolute Gasteiger partial charge is 0.317 e. The van der Waals surface area contributed by atoms with E-state index >= 15 is 0 Å². The van der Waals surface area contributed by atoms with Crippen LogP contribution < -0.4 is 5.32 Å². The summed E-state index contributed by atoms with van der Waals surface area (Å²) >= 11 is 0. The molecule has 0 aromatic carbocycles. The molecule has 1 aliphatic rings. The van der Waals surface area contributed by atoms with Crippen molar-refractivity contribution in [2.75, 3.05) is 20.1 Å². The Labute approximate surface area is 127 Å². The van der Waals surface area contributed by atoms with Gasteiger partial charge in [-0.05, 0) is 64.0 Å². The molecule has 2 nitrogen and oxygen atoms in total. The van der Waals surface area contributed by atoms with Crippen LogP contribution in [0.1, 0.15) is 66.7 Å². The highest BCUT2D eigenvalue weighted by Gasteiger charge is 2.34. The number of hydrogen-bond donors (Lipinski definition) is 1. The van der Waals surface area contributed by atoms with Crippen LogP contribution in [-0.4, -0.2) is 37.1 Å². The van der Waals surface area contributed by atoms with Crippen LogP contribution in [-0.2, 0) is 0 Å². The third kappa shape index (κ3) is 5.04. The van der Waals surface area contributed by atoms with Gasteiger partial charge in [0.1, 0.15) is 0 Å². The Morgan fingerprint density at radius 2 is 1.90 bits per heavy atom. The molecule has 1 N–H and O–H groups in total. The van der Waals surface area contributed by atoms with Crippen molar-refractivity contribution in [1.29, 1.82) is 0 Å². The van der Waals surface area contributed by atoms with E-state index < -0.39 is 0 Å². The lowest BCUT2D eigenvalue weighted by atomic mass is 9.72. The molecule has 0 aromatic rings. The Hall–Kier alpha value is -0.0800. The minimum Gasteiger partial charge on any atom is -0.317 e. The van der Waals surface area contributed by atoms with E-state index in [-0.39, 0.29) is 0 Å². The monoisotopic (exact) mass is 282 g/mol. The molecule has 2 heteroatoms. The molecule has 0 aromatic heterocycles. The van der Waals surface area contributed by atoms with E-state index in [0.717, 1.165) is 23.8 Å². The van der Waals surface area contributed by atoms with E-state index in [9.17, 15) is 0 Å². The van der Waals surface area contributed by atoms with Crippen molar-refractivity contribution >= 4 is 0 Å². The fourth-order valence-corrected chi connectivity index (χ4v) is 3.93. The van der Waals surface area contributed by atoms with Crippen LogP contribution in [0.25, 0.3) is 0 Å². The van der Waals surface area contributed by atoms with Gasteiger partial charge in [0, 0.05) is 18.6 Å². The molecule has 5 atom stereocenters. The summed E-state index contributed by atoms with van der Waals surface area (Å²) in [6.45, 7) is 14.5. The first kappa shape index (κ1) is 18.0. The molecule has 0 bridgehead atoms. The number of rotatable bonds is 8. The predicted octanol–water partition coefficient (Wildman–Crippen LogP) is 4.16. The molecule has 120 valence electrons. The first-order valence-corrected chi connectivity index (χ1v) is 8.94. The number of unbranched alkanes of at least 4 members (excludes halogenated alkanes) is 1. The number of hydrogen-bond acceptors (Lipinski definition) is 2. The van der Waals surface area contributed by atoms with Gasteiger partial charge in [-0.25, -0.2) is 0 Å². The zero-order valence-electron chi connectivity index (χ0n) is 14.8. The van der Waals surface area contributed by atoms with Gasteiger partial charge in [-0.3, -0.25) is 0 Å². The van der Waals surface area contributed by atoms with Crippen LogP contribution in [0.15, 0.2) is 0 Å². The van der Waals surface area contributed by atoms with Gasteiger partial charge in [-0.2, -0.15) is 0 Å². The molecular formula is C18H38N2. The highest BCUT2D eigenvalue weighted by Crippen LogP contribution is 2.34. The molecule has 1 aliphatic carbocycles. The summed E-state index contributed by atoms with van der Waals surface area (Å²) in [4.78, 5) is 2.75. The molecule has 0 amide bonds. The van der Waals surface area contributed by atoms with Crippen molar-refractivity contribution in [1.82, 2.24) is 10.2 Å². The van der Waals surface area contributed by atoms with Gasteiger partial charge in [0.15, 0.2) is 0 Å². The van der Waals surface area contributed by atoms with Crippen LogP contribution in [0.4, 0.5) is 0 Å². The molecular weight excluding hydrogens is 244 g/mol. The van der Waals surface area contributed by atoms with E-state index in [1.54, 1.807) is 0 Å². The summed E-state index contributed by atoms with van der Waals surface area (Å²) in [6.07, 6.45) is 6.68. The van der Waals surface area contributed by atoms with Gasteiger partial charge < -0.3 is 10.2 Å². The minimum absolute atomic E-state index is 0.710. The number of nitrogens with zero attached hydrogens (tertiary/aromatic N) is 1. The molecule has 20 heavy (non-hydrogen) atoms. The van der Waals surface area contributed by atoms with Gasteiger partial charge in [0.05, 0.1) is 0 Å². The average Bonchev–Trinajstić information content (AvgIpc) is 2.43. The Bertz CT molecular complexity index is 254. The zero-order valence-corrected chi connectivity index (χ0v) is 14.8. The van der Waals surface area contributed by atoms with Crippen molar-refractivity contribution in [3.63, 3.8) is 0 Å². The van der Waals surface area contributed by atoms with Gasteiger partial charge in [-0.15, -0.1) is 0 Å². The summed E-state index contributed by atoms with van der Waals surface area (Å²) in [7, 11) is 2.15. The van der Waals surface area contributed by atoms with E-state index in [4.69, 9.17) is 0 Å². The Morgan fingerprint density at radius 3 is 2.45 bits per heavy atom. The maximum atomic E-state index is 3.61. The molecule has 0 radical (unpaired) electrons. The van der Waals surface area contributed by atoms with Crippen molar-refractivity contribution < 1.29 is 0 Å². The van der Waals surface area contributed by atoms with E-state index in [2.05, 4.69) is 51.9 Å². The van der Waals surface area contributed by atoms with E-state index in [1.807, 2.05) is 0 Å². The lowest BCUT2D eigenvalue weighted by molar-refractivity contribution is 0.0841. The average molecular weight is 283 g/mol. The second kappa shape index (κ2) is 9.04. The zero-order chi connectivity index (χ0) is 15.1. The molecule has 1 fully saturated rings. The lowest BCUT2D eigenvalue weighted by Crippen LogP contribution is -2.49. The first-order chi connectivity index (χ1) is 9.53. The summed E-state index contributed by atoms with van der Waals surface area (Å²) in [5.74, 6) is 2.55. The van der Waals surface area contributed by atoms with Crippen molar-refractivity contribution in [2.24, 2.45) is 17.8 Å². The Balaban J connectivity index is 2.68. The smallest absolute Gasteiger partial charge is 0.0110 e. The maximum absolute atomic E-state index is 3.61. The quantitative estimate of drug-likeness (QED) is 0.719. The second-order valence-corrected chi connectivity index (χ2v) is 7.22. The van der Waals surface area contributed by atoms with Crippen LogP contribution >= 0.6 is 0 Å². The molecule has 0 aliphatic heterocycles. The summed E-state index contributed by atoms with van der Waals surface area (Å²) in [5, 5.41) is 3.61. The highest BCUT2D eigenvalue weighted by molar-refractivity contribution is 4.89. The van der Waals surface area contributed by atoms with Gasteiger partial charge in [0.25, 0.3) is 0 Å². The molecule has 5 unspecified atom stereocenters. The fourth-order valence-electron chi connectivity index (χ4n) is 3.93. The Morgan fingerprint density at radius 1 is 1.20 bits per heavy atom. The SMILES string of the molecule is CCCCN(CC1C(C)CC(C)CC1NC)C(C)CC. The van der Waals surface area contributed by atoms with Crippen LogP contribution in [0.2, 0.25) is 0 Å². The normalized spacial score (nSPS) is 32.5. The topological polar surface area (TPSA) is 15.3 Å². The second-order valence-electron chi connectivity index (χ2n) is 7.22. The van der Waals surface area contributed by atoms with Crippen molar-refractivity contribution in [2.45, 2.75) is 78.8 Å². The third-order valence-corrected chi connectivity index (χ3v) is 5.51. The Kier molecular flexibility index (Phi) is 8.13. The van der Waals surface area contributed by atoms with E-state index in [1.165, 1.54) is 45.2 Å². The van der Waals surface area contributed by atoms with Gasteiger partial charge in [-0.1, -0.05) is 34.1 Å². The third-order valence-electron chi connectivity index (χ3n) is 5.51. The fraction of sp³-hybridized carbons (Fsp3) is 1.00. The van der Waals surface area contributed by atoms with Crippen LogP contribution in [0, 0.1) is 17.8 Å². The predicted molar refractivity (Wildman–Crippen MR) is 90.1 cm³/mol. The summed E-state index contributed by atoms with van der Waals surface area (Å²) in [5.41, 5.74) is 0. The lowest BCUT2D eigenvalue weighted by Gasteiger charge is -2.43. The molecule has 0 saturated heterocycles. The summed E-state index contributed by atoms with van der Waals surface area (Å²) < 4.78 is 0. The highest BCUT2D eigenvalue weighted by atomic mass is 15.2. The van der Waals surface area contributed by atoms with Gasteiger partial charge in [0.2, 0.25) is 0 Å². The summed E-state index contributed by atoms with van der Waals surface area (Å²) in [6, 6.07) is 1.44. The van der Waals surface area contributed by atoms with Gasteiger partial charge >= 0.3 is 0 Å². The van der Waals surface area contributed by atoms with Crippen LogP contribution in [0.5, 0.6) is 0 Å². The molecule has 0 spiro atoms. The molecule has 1 rings (SSSR count). The van der Waals surface area contributed by atoms with Crippen molar-refractivity contribution in [3.05, 3.63) is 0 Å². The van der Waals surface area contributed by atoms with Crippen molar-refractivity contribution in [3.8, 4) is 0 Å². The standard InChI is InChI=1S/C18H38N2/c1-7-9-10-20(16(5)8-2)13-17-15(4)11-14(3)12-18(17)19-6/h14-19H,7-13H2,1-6H3. The van der Waals surface area contributed by atoms with Crippen LogP contribution in [0.3, 0.4) is 0 Å². The maximum Gasteiger partial charge on any atom is 0.0110 e.